The molecule has 2 nitrogen and oxygen atoms in total. The largest absolute Gasteiger partial charge is 0.343 e. The van der Waals surface area contributed by atoms with E-state index in [1.807, 2.05) is 0 Å². The zero-order valence-electron chi connectivity index (χ0n) is 7.26. The van der Waals surface area contributed by atoms with Crippen molar-refractivity contribution in [3.05, 3.63) is 20.8 Å². The van der Waals surface area contributed by atoms with Crippen molar-refractivity contribution in [1.82, 2.24) is 5.32 Å². The molecule has 1 rings (SSSR count). The SMILES string of the molecule is CC(NC(=O)c1sccc1Br)C(F)F. The molecule has 0 radical (unpaired) electrons. The molecule has 1 amide bonds. The highest BCUT2D eigenvalue weighted by atomic mass is 79.9. The van der Waals surface area contributed by atoms with Gasteiger partial charge in [-0.25, -0.2) is 8.78 Å². The number of carbonyl (C=O) groups excluding carboxylic acids is 1. The molecule has 0 saturated carbocycles. The standard InChI is InChI=1S/C8H8BrF2NOS/c1-4(7(10)11)12-8(13)6-5(9)2-3-14-6/h2-4,7H,1H3,(H,12,13). The summed E-state index contributed by atoms with van der Waals surface area (Å²) in [5, 5.41) is 3.93. The summed E-state index contributed by atoms with van der Waals surface area (Å²) in [7, 11) is 0. The van der Waals surface area contributed by atoms with Crippen LogP contribution in [0.4, 0.5) is 8.78 Å². The van der Waals surface area contributed by atoms with Crippen molar-refractivity contribution in [2.75, 3.05) is 0 Å². The lowest BCUT2D eigenvalue weighted by atomic mass is 10.3. The number of amides is 1. The Morgan fingerprint density at radius 3 is 2.71 bits per heavy atom. The number of hydrogen-bond donors (Lipinski definition) is 1. The summed E-state index contributed by atoms with van der Waals surface area (Å²) in [6.07, 6.45) is -2.54. The van der Waals surface area contributed by atoms with Crippen molar-refractivity contribution < 1.29 is 13.6 Å². The highest BCUT2D eigenvalue weighted by molar-refractivity contribution is 9.10. The Bertz CT molecular complexity index is 329. The molecule has 0 saturated heterocycles. The summed E-state index contributed by atoms with van der Waals surface area (Å²) in [5.74, 6) is -0.473. The van der Waals surface area contributed by atoms with E-state index in [1.54, 1.807) is 11.4 Å². The van der Waals surface area contributed by atoms with Crippen molar-refractivity contribution >= 4 is 33.2 Å². The number of carbonyl (C=O) groups is 1. The van der Waals surface area contributed by atoms with E-state index < -0.39 is 18.4 Å². The van der Waals surface area contributed by atoms with Gasteiger partial charge in [-0.05, 0) is 34.3 Å². The van der Waals surface area contributed by atoms with E-state index in [1.165, 1.54) is 18.3 Å². The molecule has 0 fully saturated rings. The second kappa shape index (κ2) is 4.84. The lowest BCUT2D eigenvalue weighted by Crippen LogP contribution is -2.37. The smallest absolute Gasteiger partial charge is 0.262 e. The van der Waals surface area contributed by atoms with E-state index in [4.69, 9.17) is 0 Å². The molecule has 1 atom stereocenters. The minimum atomic E-state index is -2.54. The Hall–Kier alpha value is -0.490. The average molecular weight is 284 g/mol. The molecule has 0 bridgehead atoms. The van der Waals surface area contributed by atoms with Gasteiger partial charge < -0.3 is 5.32 Å². The third kappa shape index (κ3) is 2.75. The molecule has 0 aliphatic heterocycles. The molecule has 14 heavy (non-hydrogen) atoms. The lowest BCUT2D eigenvalue weighted by Gasteiger charge is -2.11. The zero-order valence-corrected chi connectivity index (χ0v) is 9.66. The van der Waals surface area contributed by atoms with Crippen LogP contribution in [0, 0.1) is 0 Å². The second-order valence-corrected chi connectivity index (χ2v) is 4.46. The number of thiophene rings is 1. The first kappa shape index (κ1) is 11.6. The van der Waals surface area contributed by atoms with Crippen molar-refractivity contribution in [1.29, 1.82) is 0 Å². The first-order chi connectivity index (χ1) is 6.52. The number of halogens is 3. The number of alkyl halides is 2. The quantitative estimate of drug-likeness (QED) is 0.908. The van der Waals surface area contributed by atoms with Gasteiger partial charge in [0.25, 0.3) is 12.3 Å². The minimum absolute atomic E-state index is 0.414. The molecule has 1 aromatic rings. The van der Waals surface area contributed by atoms with Gasteiger partial charge in [0.15, 0.2) is 0 Å². The molecule has 0 aromatic carbocycles. The fraction of sp³-hybridized carbons (Fsp3) is 0.375. The van der Waals surface area contributed by atoms with Gasteiger partial charge in [0, 0.05) is 4.47 Å². The van der Waals surface area contributed by atoms with Crippen molar-refractivity contribution in [2.24, 2.45) is 0 Å². The molecule has 0 spiro atoms. The third-order valence-corrected chi connectivity index (χ3v) is 3.40. The molecule has 6 heteroatoms. The van der Waals surface area contributed by atoms with Gasteiger partial charge in [-0.15, -0.1) is 11.3 Å². The number of nitrogens with one attached hydrogen (secondary N) is 1. The average Bonchev–Trinajstić information content (AvgIpc) is 2.51. The molecular formula is C8H8BrF2NOS. The third-order valence-electron chi connectivity index (χ3n) is 1.56. The van der Waals surface area contributed by atoms with Crippen molar-refractivity contribution in [3.8, 4) is 0 Å². The first-order valence-corrected chi connectivity index (χ1v) is 5.51. The molecule has 1 heterocycles. The van der Waals surface area contributed by atoms with Gasteiger partial charge in [-0.2, -0.15) is 0 Å². The van der Waals surface area contributed by atoms with Gasteiger partial charge in [0.2, 0.25) is 0 Å². The van der Waals surface area contributed by atoms with Gasteiger partial charge >= 0.3 is 0 Å². The lowest BCUT2D eigenvalue weighted by molar-refractivity contribution is 0.0783. The van der Waals surface area contributed by atoms with Crippen LogP contribution in [0.1, 0.15) is 16.6 Å². The summed E-state index contributed by atoms with van der Waals surface area (Å²) >= 11 is 4.36. The maximum Gasteiger partial charge on any atom is 0.262 e. The van der Waals surface area contributed by atoms with E-state index >= 15 is 0 Å². The Morgan fingerprint density at radius 1 is 1.64 bits per heavy atom. The van der Waals surface area contributed by atoms with E-state index in [-0.39, 0.29) is 0 Å². The van der Waals surface area contributed by atoms with Crippen LogP contribution in [0.5, 0.6) is 0 Å². The van der Waals surface area contributed by atoms with Gasteiger partial charge in [-0.1, -0.05) is 0 Å². The highest BCUT2D eigenvalue weighted by Crippen LogP contribution is 2.22. The maximum atomic E-state index is 12.1. The fourth-order valence-electron chi connectivity index (χ4n) is 0.791. The summed E-state index contributed by atoms with van der Waals surface area (Å²) in [4.78, 5) is 11.8. The molecular weight excluding hydrogens is 276 g/mol. The van der Waals surface area contributed by atoms with Crippen LogP contribution in [0.25, 0.3) is 0 Å². The Kier molecular flexibility index (Phi) is 4.00. The predicted octanol–water partition coefficient (Wildman–Crippen LogP) is 2.89. The van der Waals surface area contributed by atoms with Crippen LogP contribution in [-0.4, -0.2) is 18.4 Å². The minimum Gasteiger partial charge on any atom is -0.343 e. The second-order valence-electron chi connectivity index (χ2n) is 2.69. The van der Waals surface area contributed by atoms with Crippen LogP contribution < -0.4 is 5.32 Å². The Morgan fingerprint density at radius 2 is 2.29 bits per heavy atom. The molecule has 78 valence electrons. The van der Waals surface area contributed by atoms with Gasteiger partial charge in [0.1, 0.15) is 4.88 Å². The molecule has 0 aliphatic rings. The summed E-state index contributed by atoms with van der Waals surface area (Å²) in [6, 6.07) is 0.573. The fourth-order valence-corrected chi connectivity index (χ4v) is 2.25. The summed E-state index contributed by atoms with van der Waals surface area (Å²) < 4.78 is 24.8. The Labute approximate surface area is 92.4 Å². The first-order valence-electron chi connectivity index (χ1n) is 3.84. The Balaban J connectivity index is 2.64. The summed E-state index contributed by atoms with van der Waals surface area (Å²) in [6.45, 7) is 1.27. The molecule has 1 aromatic heterocycles. The predicted molar refractivity (Wildman–Crippen MR) is 55.0 cm³/mol. The van der Waals surface area contributed by atoms with Crippen LogP contribution in [0.3, 0.4) is 0 Å². The van der Waals surface area contributed by atoms with Gasteiger partial charge in [-0.3, -0.25) is 4.79 Å². The van der Waals surface area contributed by atoms with E-state index in [2.05, 4.69) is 21.2 Å². The molecule has 0 aliphatic carbocycles. The monoisotopic (exact) mass is 283 g/mol. The number of rotatable bonds is 3. The van der Waals surface area contributed by atoms with Crippen LogP contribution >= 0.6 is 27.3 Å². The van der Waals surface area contributed by atoms with Crippen LogP contribution in [-0.2, 0) is 0 Å². The van der Waals surface area contributed by atoms with Crippen LogP contribution in [0.2, 0.25) is 0 Å². The summed E-state index contributed by atoms with van der Waals surface area (Å²) in [5.41, 5.74) is 0. The zero-order chi connectivity index (χ0) is 10.7. The normalized spacial score (nSPS) is 12.9. The van der Waals surface area contributed by atoms with Crippen molar-refractivity contribution in [2.45, 2.75) is 19.4 Å². The maximum absolute atomic E-state index is 12.1. The number of hydrogen-bond acceptors (Lipinski definition) is 2. The molecule has 1 N–H and O–H groups in total. The van der Waals surface area contributed by atoms with E-state index in [9.17, 15) is 13.6 Å². The van der Waals surface area contributed by atoms with E-state index in [0.717, 1.165) is 0 Å². The molecule has 1 unspecified atom stereocenters. The topological polar surface area (TPSA) is 29.1 Å². The van der Waals surface area contributed by atoms with Crippen molar-refractivity contribution in [3.63, 3.8) is 0 Å². The van der Waals surface area contributed by atoms with Gasteiger partial charge in [0.05, 0.1) is 6.04 Å². The highest BCUT2D eigenvalue weighted by Gasteiger charge is 2.19. The van der Waals surface area contributed by atoms with Crippen LogP contribution in [0.15, 0.2) is 15.9 Å². The van der Waals surface area contributed by atoms with E-state index in [0.29, 0.717) is 9.35 Å².